The molecule has 1 heterocycles. The van der Waals surface area contributed by atoms with Crippen molar-refractivity contribution in [1.29, 1.82) is 0 Å². The summed E-state index contributed by atoms with van der Waals surface area (Å²) in [6.45, 7) is 6.62. The normalized spacial score (nSPS) is 11.4. The molecule has 2 aromatic carbocycles. The summed E-state index contributed by atoms with van der Waals surface area (Å²) in [5.41, 5.74) is 6.00. The molecule has 32 heavy (non-hydrogen) atoms. The lowest BCUT2D eigenvalue weighted by Gasteiger charge is -2.12. The third-order valence-corrected chi connectivity index (χ3v) is 5.88. The molecule has 0 aliphatic carbocycles. The number of hydrogen-bond acceptors (Lipinski definition) is 5. The lowest BCUT2D eigenvalue weighted by molar-refractivity contribution is -0.139. The second-order valence-corrected chi connectivity index (χ2v) is 8.29. The van der Waals surface area contributed by atoms with E-state index in [9.17, 15) is 4.79 Å². The fourth-order valence-corrected chi connectivity index (χ4v) is 3.79. The van der Waals surface area contributed by atoms with Crippen molar-refractivity contribution in [2.24, 2.45) is 5.16 Å². The van der Waals surface area contributed by atoms with Crippen LogP contribution in [0, 0.1) is 13.8 Å². The summed E-state index contributed by atoms with van der Waals surface area (Å²) in [4.78, 5) is 17.5. The quantitative estimate of drug-likeness (QED) is 0.193. The number of oxime groups is 1. The number of carboxylic acids is 1. The molecule has 0 aliphatic heterocycles. The van der Waals surface area contributed by atoms with Crippen molar-refractivity contribution < 1.29 is 19.5 Å². The number of ether oxygens (including phenoxy) is 1. The topological polar surface area (TPSA) is 73.0 Å². The largest absolute Gasteiger partial charge is 0.482 e. The number of aryl methyl sites for hydroxylation is 2. The lowest BCUT2D eigenvalue weighted by Crippen LogP contribution is -2.10. The van der Waals surface area contributed by atoms with Gasteiger partial charge in [0.15, 0.2) is 6.61 Å². The molecule has 0 atom stereocenters. The van der Waals surface area contributed by atoms with Crippen LogP contribution < -0.4 is 4.74 Å². The molecule has 0 bridgehead atoms. The van der Waals surface area contributed by atoms with Crippen LogP contribution >= 0.6 is 11.8 Å². The Kier molecular flexibility index (Phi) is 8.00. The highest BCUT2D eigenvalue weighted by molar-refractivity contribution is 7.98. The Bertz CT molecular complexity index is 1100. The second-order valence-electron chi connectivity index (χ2n) is 7.41. The van der Waals surface area contributed by atoms with Crippen LogP contribution in [-0.4, -0.2) is 40.8 Å². The number of aliphatic carboxylic acids is 1. The van der Waals surface area contributed by atoms with Crippen LogP contribution in [0.5, 0.6) is 5.75 Å². The Labute approximate surface area is 192 Å². The Hall–Kier alpha value is -3.19. The van der Waals surface area contributed by atoms with E-state index in [1.54, 1.807) is 17.8 Å². The minimum Gasteiger partial charge on any atom is -0.482 e. The van der Waals surface area contributed by atoms with Gasteiger partial charge in [-0.15, -0.1) is 11.8 Å². The van der Waals surface area contributed by atoms with E-state index in [-0.39, 0.29) is 6.61 Å². The molecule has 6 nitrogen and oxygen atoms in total. The highest BCUT2D eigenvalue weighted by Gasteiger charge is 2.09. The second kappa shape index (κ2) is 10.9. The standard InChI is InChI=1S/C25H28N2O4S/c1-17-15-21(8-12-24(17)30-16-25(28)29)19(3)26-31-14-13-27-18(2)5-11-23(27)20-6-9-22(32-4)10-7-20/h5-12,15H,13-14,16H2,1-4H3,(H,28,29)/b26-19+. The van der Waals surface area contributed by atoms with Crippen molar-refractivity contribution in [2.45, 2.75) is 32.2 Å². The molecule has 0 unspecified atom stereocenters. The van der Waals surface area contributed by atoms with Crippen LogP contribution in [0.1, 0.15) is 23.7 Å². The zero-order valence-electron chi connectivity index (χ0n) is 18.8. The number of aromatic nitrogens is 1. The first-order valence-electron chi connectivity index (χ1n) is 10.3. The zero-order valence-corrected chi connectivity index (χ0v) is 19.6. The third-order valence-electron chi connectivity index (χ3n) is 5.14. The van der Waals surface area contributed by atoms with E-state index in [2.05, 4.69) is 59.3 Å². The maximum Gasteiger partial charge on any atom is 0.341 e. The van der Waals surface area contributed by atoms with E-state index >= 15 is 0 Å². The molecular weight excluding hydrogens is 424 g/mol. The van der Waals surface area contributed by atoms with Crippen molar-refractivity contribution in [3.05, 3.63) is 71.4 Å². The van der Waals surface area contributed by atoms with Gasteiger partial charge in [0.05, 0.1) is 12.3 Å². The molecule has 3 aromatic rings. The summed E-state index contributed by atoms with van der Waals surface area (Å²) < 4.78 is 7.50. The van der Waals surface area contributed by atoms with Crippen LogP contribution in [0.2, 0.25) is 0 Å². The monoisotopic (exact) mass is 452 g/mol. The van der Waals surface area contributed by atoms with E-state index in [1.165, 1.54) is 16.2 Å². The number of thioether (sulfide) groups is 1. The maximum atomic E-state index is 10.7. The first kappa shape index (κ1) is 23.5. The molecule has 1 aromatic heterocycles. The summed E-state index contributed by atoms with van der Waals surface area (Å²) in [5.74, 6) is -0.455. The summed E-state index contributed by atoms with van der Waals surface area (Å²) in [5, 5.41) is 13.0. The highest BCUT2D eigenvalue weighted by atomic mass is 32.2. The molecule has 0 fully saturated rings. The van der Waals surface area contributed by atoms with E-state index < -0.39 is 5.97 Å². The van der Waals surface area contributed by atoms with Gasteiger partial charge in [0.1, 0.15) is 12.4 Å². The Morgan fingerprint density at radius 2 is 1.84 bits per heavy atom. The van der Waals surface area contributed by atoms with Gasteiger partial charge < -0.3 is 19.2 Å². The first-order valence-corrected chi connectivity index (χ1v) is 11.5. The molecule has 168 valence electrons. The number of hydrogen-bond donors (Lipinski definition) is 1. The number of carbonyl (C=O) groups is 1. The molecule has 0 saturated carbocycles. The molecule has 0 saturated heterocycles. The minimum absolute atomic E-state index is 0.362. The fraction of sp³-hybridized carbons (Fsp3) is 0.280. The molecule has 0 radical (unpaired) electrons. The van der Waals surface area contributed by atoms with Gasteiger partial charge in [-0.3, -0.25) is 0 Å². The number of rotatable bonds is 10. The number of benzene rings is 2. The average molecular weight is 453 g/mol. The van der Waals surface area contributed by atoms with Gasteiger partial charge in [-0.05, 0) is 86.2 Å². The van der Waals surface area contributed by atoms with Gasteiger partial charge in [0.25, 0.3) is 0 Å². The summed E-state index contributed by atoms with van der Waals surface area (Å²) in [6.07, 6.45) is 2.07. The summed E-state index contributed by atoms with van der Waals surface area (Å²) >= 11 is 1.73. The van der Waals surface area contributed by atoms with Crippen LogP contribution in [-0.2, 0) is 16.2 Å². The van der Waals surface area contributed by atoms with Gasteiger partial charge >= 0.3 is 5.97 Å². The molecule has 3 rings (SSSR count). The average Bonchev–Trinajstić information content (AvgIpc) is 3.15. The van der Waals surface area contributed by atoms with E-state index in [0.29, 0.717) is 18.9 Å². The first-order chi connectivity index (χ1) is 15.4. The van der Waals surface area contributed by atoms with Gasteiger partial charge in [0.2, 0.25) is 0 Å². The van der Waals surface area contributed by atoms with E-state index in [0.717, 1.165) is 22.5 Å². The van der Waals surface area contributed by atoms with Crippen LogP contribution in [0.4, 0.5) is 0 Å². The molecule has 0 aliphatic rings. The maximum absolute atomic E-state index is 10.7. The molecule has 7 heteroatoms. The van der Waals surface area contributed by atoms with Gasteiger partial charge in [0, 0.05) is 16.3 Å². The van der Waals surface area contributed by atoms with Gasteiger partial charge in [-0.1, -0.05) is 17.3 Å². The van der Waals surface area contributed by atoms with Crippen LogP contribution in [0.25, 0.3) is 11.3 Å². The van der Waals surface area contributed by atoms with E-state index in [1.807, 2.05) is 26.0 Å². The van der Waals surface area contributed by atoms with Crippen LogP contribution in [0.3, 0.4) is 0 Å². The molecule has 0 amide bonds. The lowest BCUT2D eigenvalue weighted by atomic mass is 10.1. The number of nitrogens with zero attached hydrogens (tertiary/aromatic N) is 2. The zero-order chi connectivity index (χ0) is 23.1. The van der Waals surface area contributed by atoms with Crippen molar-refractivity contribution in [2.75, 3.05) is 19.5 Å². The predicted octanol–water partition coefficient (Wildman–Crippen LogP) is 5.40. The predicted molar refractivity (Wildman–Crippen MR) is 129 cm³/mol. The third kappa shape index (κ3) is 5.95. The van der Waals surface area contributed by atoms with Crippen molar-refractivity contribution in [3.63, 3.8) is 0 Å². The minimum atomic E-state index is -1.00. The molecule has 1 N–H and O–H groups in total. The molecular formula is C25H28N2O4S. The van der Waals surface area contributed by atoms with Crippen molar-refractivity contribution in [3.8, 4) is 17.0 Å². The van der Waals surface area contributed by atoms with Crippen molar-refractivity contribution in [1.82, 2.24) is 4.57 Å². The molecule has 0 spiro atoms. The Morgan fingerprint density at radius 3 is 2.50 bits per heavy atom. The van der Waals surface area contributed by atoms with E-state index in [4.69, 9.17) is 14.7 Å². The summed E-state index contributed by atoms with van der Waals surface area (Å²) in [7, 11) is 0. The SMILES string of the molecule is CSc1ccc(-c2ccc(C)n2CCO/N=C(\C)c2ccc(OCC(=O)O)c(C)c2)cc1. The van der Waals surface area contributed by atoms with Gasteiger partial charge in [-0.25, -0.2) is 4.79 Å². The number of carboxylic acid groups (broad SMARTS) is 1. The Balaban J connectivity index is 1.61. The Morgan fingerprint density at radius 1 is 1.09 bits per heavy atom. The van der Waals surface area contributed by atoms with Gasteiger partial charge in [-0.2, -0.15) is 0 Å². The van der Waals surface area contributed by atoms with Crippen LogP contribution in [0.15, 0.2) is 64.6 Å². The highest BCUT2D eigenvalue weighted by Crippen LogP contribution is 2.25. The smallest absolute Gasteiger partial charge is 0.341 e. The summed E-state index contributed by atoms with van der Waals surface area (Å²) in [6, 6.07) is 18.3. The fourth-order valence-electron chi connectivity index (χ4n) is 3.38. The van der Waals surface area contributed by atoms with Crippen molar-refractivity contribution >= 4 is 23.4 Å².